The minimum absolute atomic E-state index is 0.181. The van der Waals surface area contributed by atoms with E-state index in [0.717, 1.165) is 0 Å². The molecular formula is C9H14F3NO3. The predicted octanol–water partition coefficient (Wildman–Crippen LogP) is 0.941. The normalized spacial score (nSPS) is 35.9. The second kappa shape index (κ2) is 4.21. The molecule has 7 heteroatoms. The molecule has 0 unspecified atom stereocenters. The zero-order chi connectivity index (χ0) is 12.6. The number of hydrogen-bond acceptors (Lipinski definition) is 3. The SMILES string of the molecule is C[C@@H]1O[C@@](C)(O)CC[C@@H]1NC(=O)C(F)(F)F. The van der Waals surface area contributed by atoms with E-state index in [0.29, 0.717) is 0 Å². The number of carbonyl (C=O) groups excluding carboxylic acids is 1. The molecule has 1 rings (SSSR count). The highest BCUT2D eigenvalue weighted by atomic mass is 19.4. The van der Waals surface area contributed by atoms with Gasteiger partial charge >= 0.3 is 12.1 Å². The Balaban J connectivity index is 2.55. The maximum Gasteiger partial charge on any atom is 0.471 e. The third kappa shape index (κ3) is 3.34. The van der Waals surface area contributed by atoms with Gasteiger partial charge in [0.2, 0.25) is 0 Å². The van der Waals surface area contributed by atoms with E-state index in [2.05, 4.69) is 0 Å². The molecule has 0 aromatic rings. The van der Waals surface area contributed by atoms with E-state index in [1.54, 1.807) is 0 Å². The number of aliphatic hydroxyl groups is 1. The van der Waals surface area contributed by atoms with Crippen molar-refractivity contribution in [3.63, 3.8) is 0 Å². The van der Waals surface area contributed by atoms with E-state index in [-0.39, 0.29) is 12.8 Å². The van der Waals surface area contributed by atoms with Gasteiger partial charge in [-0.15, -0.1) is 0 Å². The number of hydrogen-bond donors (Lipinski definition) is 2. The van der Waals surface area contributed by atoms with Gasteiger partial charge in [-0.2, -0.15) is 13.2 Å². The van der Waals surface area contributed by atoms with Crippen molar-refractivity contribution in [2.24, 2.45) is 0 Å². The van der Waals surface area contributed by atoms with Crippen LogP contribution in [0, 0.1) is 0 Å². The van der Waals surface area contributed by atoms with Gasteiger partial charge in [0.05, 0.1) is 12.1 Å². The fourth-order valence-corrected chi connectivity index (χ4v) is 1.64. The summed E-state index contributed by atoms with van der Waals surface area (Å²) in [7, 11) is 0. The molecule has 94 valence electrons. The average Bonchev–Trinajstić information content (AvgIpc) is 2.07. The lowest BCUT2D eigenvalue weighted by Gasteiger charge is -2.38. The van der Waals surface area contributed by atoms with E-state index in [1.807, 2.05) is 5.32 Å². The van der Waals surface area contributed by atoms with Crippen molar-refractivity contribution < 1.29 is 27.8 Å². The molecule has 1 heterocycles. The Morgan fingerprint density at radius 3 is 2.56 bits per heavy atom. The summed E-state index contributed by atoms with van der Waals surface area (Å²) in [6.07, 6.45) is -5.12. The first kappa shape index (κ1) is 13.2. The van der Waals surface area contributed by atoms with Gasteiger partial charge in [-0.25, -0.2) is 0 Å². The smallest absolute Gasteiger partial charge is 0.366 e. The summed E-state index contributed by atoms with van der Waals surface area (Å²) >= 11 is 0. The van der Waals surface area contributed by atoms with Crippen LogP contribution >= 0.6 is 0 Å². The van der Waals surface area contributed by atoms with E-state index in [1.165, 1.54) is 13.8 Å². The summed E-state index contributed by atoms with van der Waals surface area (Å²) in [6.45, 7) is 2.94. The maximum atomic E-state index is 12.0. The largest absolute Gasteiger partial charge is 0.471 e. The summed E-state index contributed by atoms with van der Waals surface area (Å²) in [5.74, 6) is -3.31. The van der Waals surface area contributed by atoms with Crippen LogP contribution in [0.15, 0.2) is 0 Å². The zero-order valence-corrected chi connectivity index (χ0v) is 8.97. The lowest BCUT2D eigenvalue weighted by molar-refractivity contribution is -0.245. The number of rotatable bonds is 1. The van der Waals surface area contributed by atoms with E-state index in [9.17, 15) is 23.1 Å². The lowest BCUT2D eigenvalue weighted by Crippen LogP contribution is -2.54. The number of alkyl halides is 3. The first-order chi connectivity index (χ1) is 7.12. The number of amides is 1. The average molecular weight is 241 g/mol. The van der Waals surface area contributed by atoms with E-state index < -0.39 is 30.0 Å². The third-order valence-corrected chi connectivity index (χ3v) is 2.50. The molecule has 1 saturated heterocycles. The molecule has 0 saturated carbocycles. The van der Waals surface area contributed by atoms with Crippen molar-refractivity contribution in [1.82, 2.24) is 5.32 Å². The molecule has 1 aliphatic heterocycles. The van der Waals surface area contributed by atoms with Gasteiger partial charge in [-0.1, -0.05) is 0 Å². The van der Waals surface area contributed by atoms with Crippen molar-refractivity contribution >= 4 is 5.91 Å². The van der Waals surface area contributed by atoms with Crippen LogP contribution in [0.5, 0.6) is 0 Å². The van der Waals surface area contributed by atoms with Gasteiger partial charge in [0, 0.05) is 6.42 Å². The van der Waals surface area contributed by atoms with Gasteiger partial charge in [0.1, 0.15) is 0 Å². The van der Waals surface area contributed by atoms with Crippen LogP contribution in [-0.2, 0) is 9.53 Å². The van der Waals surface area contributed by atoms with Crippen molar-refractivity contribution in [2.45, 2.75) is 50.8 Å². The molecule has 0 aromatic carbocycles. The van der Waals surface area contributed by atoms with Crippen molar-refractivity contribution in [1.29, 1.82) is 0 Å². The van der Waals surface area contributed by atoms with Gasteiger partial charge in [0.15, 0.2) is 5.79 Å². The summed E-state index contributed by atoms with van der Waals surface area (Å²) in [5.41, 5.74) is 0. The molecule has 4 nitrogen and oxygen atoms in total. The van der Waals surface area contributed by atoms with Crippen LogP contribution in [0.1, 0.15) is 26.7 Å². The van der Waals surface area contributed by atoms with Crippen LogP contribution in [0.2, 0.25) is 0 Å². The van der Waals surface area contributed by atoms with Gasteiger partial charge < -0.3 is 15.2 Å². The molecule has 1 fully saturated rings. The van der Waals surface area contributed by atoms with Gasteiger partial charge in [-0.05, 0) is 20.3 Å². The molecule has 0 aliphatic carbocycles. The number of ether oxygens (including phenoxy) is 1. The van der Waals surface area contributed by atoms with Crippen molar-refractivity contribution in [3.8, 4) is 0 Å². The van der Waals surface area contributed by atoms with Gasteiger partial charge in [-0.3, -0.25) is 4.79 Å². The lowest BCUT2D eigenvalue weighted by atomic mass is 9.98. The minimum Gasteiger partial charge on any atom is -0.366 e. The highest BCUT2D eigenvalue weighted by molar-refractivity contribution is 5.82. The number of carbonyl (C=O) groups is 1. The summed E-state index contributed by atoms with van der Waals surface area (Å²) in [4.78, 5) is 10.7. The van der Waals surface area contributed by atoms with Crippen LogP contribution in [0.25, 0.3) is 0 Å². The Morgan fingerprint density at radius 1 is 1.56 bits per heavy atom. The van der Waals surface area contributed by atoms with Gasteiger partial charge in [0.25, 0.3) is 0 Å². The van der Waals surface area contributed by atoms with Crippen LogP contribution < -0.4 is 5.32 Å². The fourth-order valence-electron chi connectivity index (χ4n) is 1.64. The molecule has 0 radical (unpaired) electrons. The minimum atomic E-state index is -4.89. The topological polar surface area (TPSA) is 58.6 Å². The zero-order valence-electron chi connectivity index (χ0n) is 8.97. The van der Waals surface area contributed by atoms with Crippen LogP contribution in [0.3, 0.4) is 0 Å². The molecule has 16 heavy (non-hydrogen) atoms. The molecule has 2 N–H and O–H groups in total. The number of halogens is 3. The second-order valence-electron chi connectivity index (χ2n) is 4.11. The summed E-state index contributed by atoms with van der Waals surface area (Å²) in [6, 6.07) is -0.727. The molecule has 0 aromatic heterocycles. The Bertz CT molecular complexity index is 278. The molecule has 1 amide bonds. The monoisotopic (exact) mass is 241 g/mol. The van der Waals surface area contributed by atoms with Crippen molar-refractivity contribution in [3.05, 3.63) is 0 Å². The molecule has 1 aliphatic rings. The van der Waals surface area contributed by atoms with E-state index in [4.69, 9.17) is 4.74 Å². The Morgan fingerprint density at radius 2 is 2.12 bits per heavy atom. The van der Waals surface area contributed by atoms with Crippen LogP contribution in [-0.4, -0.2) is 35.1 Å². The molecule has 0 bridgehead atoms. The predicted molar refractivity (Wildman–Crippen MR) is 48.4 cm³/mol. The summed E-state index contributed by atoms with van der Waals surface area (Å²) < 4.78 is 41.0. The van der Waals surface area contributed by atoms with Crippen molar-refractivity contribution in [2.75, 3.05) is 0 Å². The van der Waals surface area contributed by atoms with Crippen LogP contribution in [0.4, 0.5) is 13.2 Å². The molecule has 3 atom stereocenters. The fraction of sp³-hybridized carbons (Fsp3) is 0.889. The molecule has 0 spiro atoms. The highest BCUT2D eigenvalue weighted by Gasteiger charge is 2.42. The number of nitrogens with one attached hydrogen (secondary N) is 1. The standard InChI is InChI=1S/C9H14F3NO3/c1-5-6(3-4-8(2,15)16-5)13-7(14)9(10,11)12/h5-6,15H,3-4H2,1-2H3,(H,13,14)/t5-,6-,8+/m0/s1. The quantitative estimate of drug-likeness (QED) is 0.718. The first-order valence-corrected chi connectivity index (χ1v) is 4.90. The Labute approximate surface area is 90.8 Å². The molecular weight excluding hydrogens is 227 g/mol. The second-order valence-corrected chi connectivity index (χ2v) is 4.11. The highest BCUT2D eigenvalue weighted by Crippen LogP contribution is 2.27. The summed E-state index contributed by atoms with van der Waals surface area (Å²) in [5, 5.41) is 11.3. The Kier molecular flexibility index (Phi) is 3.49. The third-order valence-electron chi connectivity index (χ3n) is 2.50. The van der Waals surface area contributed by atoms with E-state index >= 15 is 0 Å². The first-order valence-electron chi connectivity index (χ1n) is 4.90. The Hall–Kier alpha value is -0.820. The maximum absolute atomic E-state index is 12.0.